The maximum atomic E-state index is 13.1. The molecule has 0 spiro atoms. The molecule has 0 aromatic heterocycles. The van der Waals surface area contributed by atoms with Crippen LogP contribution in [-0.4, -0.2) is 104 Å². The Morgan fingerprint density at radius 3 is 1.30 bits per heavy atom. The first-order valence-electron chi connectivity index (χ1n) is 32.3. The third-order valence-corrected chi connectivity index (χ3v) is 17.2. The molecule has 19 N–H and O–H groups in total. The number of carbonyl (C=O) groups excluding carboxylic acids is 2. The molecule has 0 bridgehead atoms. The van der Waals surface area contributed by atoms with Gasteiger partial charge in [0, 0.05) is 70.6 Å². The number of aryl methyl sites for hydroxylation is 1. The third kappa shape index (κ3) is 18.1. The highest BCUT2D eigenvalue weighted by Crippen LogP contribution is 2.51. The number of hydrogen-bond acceptors (Lipinski definition) is 21. The van der Waals surface area contributed by atoms with Crippen molar-refractivity contribution in [2.45, 2.75) is 55.8 Å². The number of hydrogen-bond donors (Lipinski definition) is 19. The summed E-state index contributed by atoms with van der Waals surface area (Å²) in [5, 5.41) is 171. The van der Waals surface area contributed by atoms with E-state index in [4.69, 9.17) is 45.6 Å². The average molecular weight is 1420 g/mol. The lowest BCUT2D eigenvalue weighted by molar-refractivity contribution is -0.216. The maximum Gasteiger partial charge on any atom is 0.244 e. The van der Waals surface area contributed by atoms with Crippen molar-refractivity contribution in [2.75, 3.05) is 5.32 Å². The van der Waals surface area contributed by atoms with Gasteiger partial charge in [-0.2, -0.15) is 0 Å². The summed E-state index contributed by atoms with van der Waals surface area (Å²) < 4.78 is 5.82. The summed E-state index contributed by atoms with van der Waals surface area (Å²) >= 11 is 0. The molecule has 538 valence electrons. The summed E-state index contributed by atoms with van der Waals surface area (Å²) in [4.78, 5) is 25.0. The summed E-state index contributed by atoms with van der Waals surface area (Å²) in [5.74, 6) is -3.72. The first-order chi connectivity index (χ1) is 49.8. The summed E-state index contributed by atoms with van der Waals surface area (Å²) in [5.41, 5.74) is 6.79. The number of fused-ring (bicyclic) bond motifs is 2. The molecule has 0 fully saturated rings. The van der Waals surface area contributed by atoms with Crippen molar-refractivity contribution in [3.05, 3.63) is 322 Å². The van der Waals surface area contributed by atoms with E-state index in [1.165, 1.54) is 108 Å². The van der Waals surface area contributed by atoms with Gasteiger partial charge in [-0.05, 0) is 181 Å². The Balaban J connectivity index is 0.000000151. The van der Waals surface area contributed by atoms with Gasteiger partial charge in [-0.1, -0.05) is 110 Å². The van der Waals surface area contributed by atoms with Crippen LogP contribution in [0.25, 0.3) is 0 Å². The first-order valence-corrected chi connectivity index (χ1v) is 32.3. The highest BCUT2D eigenvalue weighted by Gasteiger charge is 2.50. The number of ether oxygens (including phenoxy) is 1. The Bertz CT molecular complexity index is 4830. The lowest BCUT2D eigenvalue weighted by atomic mass is 9.70. The number of para-hydroxylation sites is 2. The van der Waals surface area contributed by atoms with Gasteiger partial charge in [0.2, 0.25) is 5.91 Å². The Kier molecular flexibility index (Phi) is 23.2. The topological polar surface area (TPSA) is 420 Å². The zero-order chi connectivity index (χ0) is 76.1. The molecule has 0 aliphatic carbocycles. The standard InChI is InChI=1S/C22H22O2.C20H15NO3.C16H16O6.C13H10O4.2C6H6O3/c1-15-3-5-18(6-4-15)22(19-9-13-21(24)14-10-19)16(2)17-7-11-20(23)12-8-17;22-15-9-5-13(6-10-15)20(14-7-11-16(23)12-8-14)17-3-1-2-4-18(17)21-19(20)24;1-15(11-4-2-9(17)6-13(11)19)8-16(20,21)12-5-3-10(18)7-14(12)22-15;14-10-4-1-8(2-5-10)13(17)9-3-6-11(15)12(16)7-9;7-4-1-5(8)3-6(9)2-4;7-4-2-1-3-5(8)6(4)9/h3-14,16,22-24H,1-2H3;1-12,22-23H,(H,21,24);2-7,17-21H,8H2,1H3;1-7,14-16H;2*1-3,7-9H. The Hall–Kier alpha value is -13.7. The highest BCUT2D eigenvalue weighted by molar-refractivity contribution is 6.11. The van der Waals surface area contributed by atoms with Gasteiger partial charge < -0.3 is 102 Å². The van der Waals surface area contributed by atoms with Gasteiger partial charge in [0.05, 0.1) is 5.56 Å². The van der Waals surface area contributed by atoms with Crippen molar-refractivity contribution in [3.8, 4) is 97.7 Å². The van der Waals surface area contributed by atoms with Crippen LogP contribution in [-0.2, 0) is 21.6 Å². The molecule has 2 aliphatic heterocycles. The molecule has 14 rings (SSSR count). The minimum atomic E-state index is -2.18. The maximum absolute atomic E-state index is 13.1. The van der Waals surface area contributed by atoms with E-state index in [0.29, 0.717) is 11.1 Å². The second kappa shape index (κ2) is 32.3. The molecule has 105 heavy (non-hydrogen) atoms. The summed E-state index contributed by atoms with van der Waals surface area (Å²) in [6, 6.07) is 69.4. The lowest BCUT2D eigenvalue weighted by Gasteiger charge is -2.42. The van der Waals surface area contributed by atoms with E-state index in [2.05, 4.69) is 43.4 Å². The van der Waals surface area contributed by atoms with Crippen LogP contribution < -0.4 is 10.1 Å². The normalized spacial score (nSPS) is 14.5. The second-order valence-corrected chi connectivity index (χ2v) is 24.8. The lowest BCUT2D eigenvalue weighted by Crippen LogP contribution is -2.44. The van der Waals surface area contributed by atoms with E-state index >= 15 is 0 Å². The number of carbonyl (C=O) groups is 2. The SMILES string of the molecule is CC1(c2ccc(O)cc2O)CC(O)(O)c2ccc(O)cc2O1.Cc1ccc(C(c2ccc(O)cc2)C(C)c2ccc(O)cc2)cc1.O=C(c1ccc(O)cc1)c1ccc(O)c(O)c1.O=C1Nc2ccccc2C1(c1ccc(O)cc1)c1ccc(O)cc1.Oc1cc(O)cc(O)c1.Oc1cccc(O)c1O. The molecule has 3 atom stereocenters. The predicted octanol–water partition coefficient (Wildman–Crippen LogP) is 14.0. The van der Waals surface area contributed by atoms with Crippen LogP contribution >= 0.6 is 0 Å². The first kappa shape index (κ1) is 75.5. The van der Waals surface area contributed by atoms with E-state index in [1.54, 1.807) is 79.7 Å². The molecule has 3 unspecified atom stereocenters. The summed E-state index contributed by atoms with van der Waals surface area (Å²) in [7, 11) is 0. The zero-order valence-corrected chi connectivity index (χ0v) is 56.5. The van der Waals surface area contributed by atoms with E-state index in [-0.39, 0.29) is 133 Å². The summed E-state index contributed by atoms with van der Waals surface area (Å²) in [6.07, 6.45) is -0.226. The molecule has 2 aliphatic rings. The van der Waals surface area contributed by atoms with Crippen molar-refractivity contribution in [1.29, 1.82) is 0 Å². The number of anilines is 1. The number of phenolic OH excluding ortho intramolecular Hbond substituents is 16. The highest BCUT2D eigenvalue weighted by atomic mass is 16.5. The van der Waals surface area contributed by atoms with Crippen LogP contribution in [0.2, 0.25) is 0 Å². The molecular weight excluding hydrogens is 1350 g/mol. The van der Waals surface area contributed by atoms with E-state index in [0.717, 1.165) is 52.2 Å². The number of aromatic hydroxyl groups is 16. The van der Waals surface area contributed by atoms with Crippen LogP contribution in [0.4, 0.5) is 5.69 Å². The van der Waals surface area contributed by atoms with Gasteiger partial charge in [0.25, 0.3) is 0 Å². The van der Waals surface area contributed by atoms with Gasteiger partial charge >= 0.3 is 0 Å². The van der Waals surface area contributed by atoms with Crippen molar-refractivity contribution < 1.29 is 106 Å². The van der Waals surface area contributed by atoms with Crippen LogP contribution in [0, 0.1) is 6.92 Å². The van der Waals surface area contributed by atoms with Crippen molar-refractivity contribution in [1.82, 2.24) is 0 Å². The number of benzene rings is 12. The molecule has 0 saturated heterocycles. The minimum Gasteiger partial charge on any atom is -0.508 e. The predicted molar refractivity (Wildman–Crippen MR) is 390 cm³/mol. The molecule has 22 nitrogen and oxygen atoms in total. The molecule has 0 radical (unpaired) electrons. The van der Waals surface area contributed by atoms with Crippen molar-refractivity contribution in [2.24, 2.45) is 0 Å². The number of aliphatic hydroxyl groups is 2. The van der Waals surface area contributed by atoms with Crippen LogP contribution in [0.5, 0.6) is 97.7 Å². The minimum absolute atomic E-state index is 0.0753. The van der Waals surface area contributed by atoms with Crippen LogP contribution in [0.1, 0.15) is 98.1 Å². The monoisotopic (exact) mass is 1420 g/mol. The fourth-order valence-electron chi connectivity index (χ4n) is 12.0. The molecule has 2 heterocycles. The molecule has 1 amide bonds. The van der Waals surface area contributed by atoms with E-state index < -0.39 is 22.6 Å². The van der Waals surface area contributed by atoms with E-state index in [9.17, 15) is 60.7 Å². The Morgan fingerprint density at radius 1 is 0.390 bits per heavy atom. The van der Waals surface area contributed by atoms with Crippen LogP contribution in [0.15, 0.2) is 261 Å². The van der Waals surface area contributed by atoms with Gasteiger partial charge in [-0.15, -0.1) is 0 Å². The molecular formula is C83H75NO21. The fraction of sp³-hybridized carbons (Fsp3) is 0.108. The number of rotatable bonds is 9. The van der Waals surface area contributed by atoms with Crippen LogP contribution in [0.3, 0.4) is 0 Å². The van der Waals surface area contributed by atoms with Gasteiger partial charge in [-0.3, -0.25) is 9.59 Å². The van der Waals surface area contributed by atoms with Crippen molar-refractivity contribution in [3.63, 3.8) is 0 Å². The third-order valence-electron chi connectivity index (χ3n) is 17.2. The summed E-state index contributed by atoms with van der Waals surface area (Å²) in [6.45, 7) is 5.87. The largest absolute Gasteiger partial charge is 0.508 e. The Morgan fingerprint density at radius 2 is 0.819 bits per heavy atom. The number of nitrogens with one attached hydrogen (secondary N) is 1. The van der Waals surface area contributed by atoms with Gasteiger partial charge in [0.15, 0.2) is 40.3 Å². The Labute approximate surface area is 601 Å². The van der Waals surface area contributed by atoms with E-state index in [1.807, 2.05) is 48.5 Å². The van der Waals surface area contributed by atoms with Crippen molar-refractivity contribution >= 4 is 17.4 Å². The molecule has 0 saturated carbocycles. The molecule has 22 heteroatoms. The zero-order valence-electron chi connectivity index (χ0n) is 56.5. The second-order valence-electron chi connectivity index (χ2n) is 24.8. The van der Waals surface area contributed by atoms with Gasteiger partial charge in [-0.25, -0.2) is 0 Å². The smallest absolute Gasteiger partial charge is 0.244 e. The fourth-order valence-corrected chi connectivity index (χ4v) is 12.0. The van der Waals surface area contributed by atoms with Gasteiger partial charge in [0.1, 0.15) is 80.0 Å². The number of ketones is 1. The molecule has 12 aromatic carbocycles. The quantitative estimate of drug-likeness (QED) is 0.0362. The number of phenols is 16. The average Bonchev–Trinajstić information content (AvgIpc) is 1.70. The molecule has 12 aromatic rings. The number of amides is 1.